The SMILES string of the molecule is O=Cc1cnc(Br)nc1Cl. The first-order chi connectivity index (χ1) is 4.74. The molecule has 0 aliphatic heterocycles. The van der Waals surface area contributed by atoms with Gasteiger partial charge in [-0.05, 0) is 15.9 Å². The van der Waals surface area contributed by atoms with Crippen LogP contribution in [0.3, 0.4) is 0 Å². The van der Waals surface area contributed by atoms with E-state index in [4.69, 9.17) is 11.6 Å². The minimum atomic E-state index is 0.164. The molecule has 0 spiro atoms. The molecule has 0 saturated heterocycles. The minimum Gasteiger partial charge on any atom is -0.298 e. The molecule has 1 aromatic heterocycles. The summed E-state index contributed by atoms with van der Waals surface area (Å²) in [5, 5.41) is 0.164. The van der Waals surface area contributed by atoms with Gasteiger partial charge in [0, 0.05) is 6.20 Å². The Kier molecular flexibility index (Phi) is 2.34. The topological polar surface area (TPSA) is 42.9 Å². The van der Waals surface area contributed by atoms with E-state index in [1.54, 1.807) is 0 Å². The van der Waals surface area contributed by atoms with Crippen LogP contribution in [-0.2, 0) is 0 Å². The van der Waals surface area contributed by atoms with Gasteiger partial charge in [0.2, 0.25) is 0 Å². The fraction of sp³-hybridized carbons (Fsp3) is 0. The Bertz CT molecular complexity index is 266. The monoisotopic (exact) mass is 220 g/mol. The Balaban J connectivity index is 3.19. The smallest absolute Gasteiger partial charge is 0.197 e. The summed E-state index contributed by atoms with van der Waals surface area (Å²) < 4.78 is 0.378. The molecule has 0 radical (unpaired) electrons. The molecular weight excluding hydrogens is 219 g/mol. The highest BCUT2D eigenvalue weighted by Gasteiger charge is 2.00. The summed E-state index contributed by atoms with van der Waals surface area (Å²) in [4.78, 5) is 17.5. The van der Waals surface area contributed by atoms with Crippen molar-refractivity contribution >= 4 is 33.8 Å². The zero-order valence-electron chi connectivity index (χ0n) is 4.71. The molecule has 0 amide bonds. The van der Waals surface area contributed by atoms with E-state index in [9.17, 15) is 4.79 Å². The molecule has 1 aromatic rings. The van der Waals surface area contributed by atoms with Gasteiger partial charge < -0.3 is 0 Å². The average Bonchev–Trinajstić information content (AvgIpc) is 1.88. The van der Waals surface area contributed by atoms with Crippen LogP contribution in [0.4, 0.5) is 0 Å². The van der Waals surface area contributed by atoms with Gasteiger partial charge in [0.15, 0.2) is 11.0 Å². The van der Waals surface area contributed by atoms with Gasteiger partial charge in [-0.1, -0.05) is 11.6 Å². The van der Waals surface area contributed by atoms with Crippen molar-refractivity contribution in [2.45, 2.75) is 0 Å². The molecular formula is C5H2BrClN2O. The molecule has 0 aliphatic rings. The molecule has 5 heteroatoms. The lowest BCUT2D eigenvalue weighted by atomic mass is 10.4. The van der Waals surface area contributed by atoms with Crippen molar-refractivity contribution < 1.29 is 4.79 Å². The summed E-state index contributed by atoms with van der Waals surface area (Å²) >= 11 is 8.52. The number of hydrogen-bond acceptors (Lipinski definition) is 3. The first-order valence-corrected chi connectivity index (χ1v) is 3.54. The minimum absolute atomic E-state index is 0.164. The van der Waals surface area contributed by atoms with Crippen LogP contribution < -0.4 is 0 Å². The fourth-order valence-corrected chi connectivity index (χ4v) is 0.985. The van der Waals surface area contributed by atoms with Gasteiger partial charge in [0.25, 0.3) is 0 Å². The normalized spacial score (nSPS) is 9.40. The Morgan fingerprint density at radius 1 is 1.70 bits per heavy atom. The maximum absolute atomic E-state index is 10.2. The maximum atomic E-state index is 10.2. The van der Waals surface area contributed by atoms with Crippen LogP contribution in [0.2, 0.25) is 5.15 Å². The number of nitrogens with zero attached hydrogens (tertiary/aromatic N) is 2. The Hall–Kier alpha value is -0.480. The summed E-state index contributed by atoms with van der Waals surface area (Å²) in [6, 6.07) is 0. The summed E-state index contributed by atoms with van der Waals surface area (Å²) in [5.74, 6) is 0. The molecule has 10 heavy (non-hydrogen) atoms. The average molecular weight is 221 g/mol. The Morgan fingerprint density at radius 2 is 2.40 bits per heavy atom. The number of aromatic nitrogens is 2. The highest BCUT2D eigenvalue weighted by Crippen LogP contribution is 2.11. The van der Waals surface area contributed by atoms with Crippen molar-refractivity contribution in [2.24, 2.45) is 0 Å². The van der Waals surface area contributed by atoms with Crippen LogP contribution in [0.1, 0.15) is 10.4 Å². The second-order valence-corrected chi connectivity index (χ2v) is 2.57. The molecule has 3 nitrogen and oxygen atoms in total. The number of halogens is 2. The van der Waals surface area contributed by atoms with Crippen LogP contribution in [0.25, 0.3) is 0 Å². The van der Waals surface area contributed by atoms with Gasteiger partial charge in [-0.25, -0.2) is 9.97 Å². The Morgan fingerprint density at radius 3 is 2.90 bits per heavy atom. The number of hydrogen-bond donors (Lipinski definition) is 0. The van der Waals surface area contributed by atoms with Crippen LogP contribution >= 0.6 is 27.5 Å². The first-order valence-electron chi connectivity index (χ1n) is 2.37. The first kappa shape index (κ1) is 7.63. The van der Waals surface area contributed by atoms with Crippen molar-refractivity contribution in [1.82, 2.24) is 9.97 Å². The van der Waals surface area contributed by atoms with Crippen molar-refractivity contribution in [2.75, 3.05) is 0 Å². The summed E-state index contributed by atoms with van der Waals surface area (Å²) in [7, 11) is 0. The third-order valence-electron chi connectivity index (χ3n) is 0.866. The van der Waals surface area contributed by atoms with Crippen LogP contribution in [0.15, 0.2) is 10.9 Å². The fourth-order valence-electron chi connectivity index (χ4n) is 0.430. The highest BCUT2D eigenvalue weighted by molar-refractivity contribution is 9.10. The predicted molar refractivity (Wildman–Crippen MR) is 40.1 cm³/mol. The third kappa shape index (κ3) is 1.52. The third-order valence-corrected chi connectivity index (χ3v) is 1.55. The standard InChI is InChI=1S/C5H2BrClN2O/c6-5-8-1-3(2-10)4(7)9-5/h1-2H. The zero-order valence-corrected chi connectivity index (χ0v) is 7.06. The van der Waals surface area contributed by atoms with E-state index in [0.29, 0.717) is 16.6 Å². The van der Waals surface area contributed by atoms with E-state index in [1.807, 2.05) is 0 Å². The lowest BCUT2D eigenvalue weighted by Gasteiger charge is -1.92. The summed E-state index contributed by atoms with van der Waals surface area (Å²) in [5.41, 5.74) is 0.296. The van der Waals surface area contributed by atoms with Crippen molar-refractivity contribution in [3.63, 3.8) is 0 Å². The summed E-state index contributed by atoms with van der Waals surface area (Å²) in [6.07, 6.45) is 1.96. The van der Waals surface area contributed by atoms with Crippen LogP contribution in [0, 0.1) is 0 Å². The quantitative estimate of drug-likeness (QED) is 0.412. The number of aldehydes is 1. The maximum Gasteiger partial charge on any atom is 0.197 e. The molecule has 0 aliphatic carbocycles. The highest BCUT2D eigenvalue weighted by atomic mass is 79.9. The van der Waals surface area contributed by atoms with Crippen molar-refractivity contribution in [3.05, 3.63) is 21.6 Å². The molecule has 1 rings (SSSR count). The number of carbonyl (C=O) groups excluding carboxylic acids is 1. The molecule has 0 atom stereocenters. The van der Waals surface area contributed by atoms with Gasteiger partial charge in [-0.2, -0.15) is 0 Å². The molecule has 0 bridgehead atoms. The molecule has 0 N–H and O–H groups in total. The van der Waals surface area contributed by atoms with Gasteiger partial charge in [0.05, 0.1) is 5.56 Å². The van der Waals surface area contributed by atoms with Gasteiger partial charge >= 0.3 is 0 Å². The predicted octanol–water partition coefficient (Wildman–Crippen LogP) is 1.71. The molecule has 0 saturated carbocycles. The van der Waals surface area contributed by atoms with Crippen LogP contribution in [-0.4, -0.2) is 16.3 Å². The number of rotatable bonds is 1. The molecule has 52 valence electrons. The number of carbonyl (C=O) groups is 1. The lowest BCUT2D eigenvalue weighted by Crippen LogP contribution is -1.89. The van der Waals surface area contributed by atoms with Crippen molar-refractivity contribution in [1.29, 1.82) is 0 Å². The lowest BCUT2D eigenvalue weighted by molar-refractivity contribution is 0.112. The zero-order chi connectivity index (χ0) is 7.56. The van der Waals surface area contributed by atoms with E-state index >= 15 is 0 Å². The van der Waals surface area contributed by atoms with Crippen molar-refractivity contribution in [3.8, 4) is 0 Å². The van der Waals surface area contributed by atoms with E-state index in [1.165, 1.54) is 6.20 Å². The van der Waals surface area contributed by atoms with Crippen LogP contribution in [0.5, 0.6) is 0 Å². The van der Waals surface area contributed by atoms with E-state index < -0.39 is 0 Å². The van der Waals surface area contributed by atoms with E-state index in [2.05, 4.69) is 25.9 Å². The van der Waals surface area contributed by atoms with Gasteiger partial charge in [0.1, 0.15) is 5.15 Å². The molecule has 0 aromatic carbocycles. The van der Waals surface area contributed by atoms with E-state index in [-0.39, 0.29) is 5.15 Å². The molecule has 0 fully saturated rings. The second kappa shape index (κ2) is 3.07. The Labute approximate surface area is 70.6 Å². The van der Waals surface area contributed by atoms with Gasteiger partial charge in [-0.3, -0.25) is 4.79 Å². The largest absolute Gasteiger partial charge is 0.298 e. The van der Waals surface area contributed by atoms with E-state index in [0.717, 1.165) is 0 Å². The molecule has 0 unspecified atom stereocenters. The second-order valence-electron chi connectivity index (χ2n) is 1.50. The van der Waals surface area contributed by atoms with Gasteiger partial charge in [-0.15, -0.1) is 0 Å². The summed E-state index contributed by atoms with van der Waals surface area (Å²) in [6.45, 7) is 0. The molecule has 1 heterocycles.